The molecule has 1 aromatic carbocycles. The summed E-state index contributed by atoms with van der Waals surface area (Å²) >= 11 is 1.54. The Morgan fingerprint density at radius 3 is 2.59 bits per heavy atom. The highest BCUT2D eigenvalue weighted by Gasteiger charge is 2.23. The van der Waals surface area contributed by atoms with E-state index < -0.39 is 10.5 Å². The third-order valence-electron chi connectivity index (χ3n) is 4.23. The highest BCUT2D eigenvalue weighted by atomic mass is 32.1. The molecule has 0 aliphatic carbocycles. The number of aliphatic hydroxyl groups is 1. The highest BCUT2D eigenvalue weighted by Crippen LogP contribution is 2.25. The van der Waals surface area contributed by atoms with Crippen LogP contribution in [-0.2, 0) is 12.0 Å². The third kappa shape index (κ3) is 4.47. The van der Waals surface area contributed by atoms with Crippen LogP contribution in [0, 0.1) is 10.1 Å². The van der Waals surface area contributed by atoms with Gasteiger partial charge in [-0.2, -0.15) is 11.3 Å². The molecule has 3 rings (SSSR count). The van der Waals surface area contributed by atoms with Crippen LogP contribution < -0.4 is 5.32 Å². The van der Waals surface area contributed by atoms with Gasteiger partial charge < -0.3 is 10.4 Å². The Balaban J connectivity index is 1.84. The first-order valence-corrected chi connectivity index (χ1v) is 9.45. The second kappa shape index (κ2) is 7.81. The lowest BCUT2D eigenvalue weighted by Gasteiger charge is -2.23. The second-order valence-electron chi connectivity index (χ2n) is 6.37. The van der Waals surface area contributed by atoms with Gasteiger partial charge in [-0.1, -0.05) is 6.92 Å². The van der Waals surface area contributed by atoms with Crippen LogP contribution in [0.4, 0.5) is 11.5 Å². The van der Waals surface area contributed by atoms with Gasteiger partial charge in [0.15, 0.2) is 5.82 Å². The fraction of sp³-hybridized carbons (Fsp3) is 0.263. The average Bonchev–Trinajstić information content (AvgIpc) is 3.22. The molecule has 2 N–H and O–H groups in total. The number of thiophene rings is 1. The van der Waals surface area contributed by atoms with Crippen molar-refractivity contribution in [3.05, 3.63) is 68.5 Å². The van der Waals surface area contributed by atoms with Crippen molar-refractivity contribution in [2.45, 2.75) is 25.9 Å². The maximum absolute atomic E-state index is 10.8. The van der Waals surface area contributed by atoms with Crippen molar-refractivity contribution in [1.29, 1.82) is 0 Å². The summed E-state index contributed by atoms with van der Waals surface area (Å²) in [6, 6.07) is 9.89. The van der Waals surface area contributed by atoms with Crippen molar-refractivity contribution in [1.82, 2.24) is 9.97 Å². The van der Waals surface area contributed by atoms with Crippen molar-refractivity contribution in [2.24, 2.45) is 0 Å². The quantitative estimate of drug-likeness (QED) is 0.472. The number of rotatable bonds is 7. The molecule has 0 amide bonds. The number of nitro benzene ring substituents is 1. The van der Waals surface area contributed by atoms with E-state index in [0.717, 1.165) is 17.7 Å². The lowest BCUT2D eigenvalue weighted by Crippen LogP contribution is -2.30. The Morgan fingerprint density at radius 1 is 1.26 bits per heavy atom. The van der Waals surface area contributed by atoms with E-state index in [-0.39, 0.29) is 5.69 Å². The van der Waals surface area contributed by atoms with Gasteiger partial charge in [-0.15, -0.1) is 0 Å². The molecule has 2 aromatic heterocycles. The van der Waals surface area contributed by atoms with Crippen molar-refractivity contribution in [3.8, 4) is 11.4 Å². The summed E-state index contributed by atoms with van der Waals surface area (Å²) in [7, 11) is 0. The Hall–Kier alpha value is -2.84. The molecule has 0 saturated heterocycles. The van der Waals surface area contributed by atoms with E-state index in [2.05, 4.69) is 15.3 Å². The standard InChI is InChI=1S/C19H20N4O3S/c1-3-15-10-17(20-12-19(2,24)14-8-9-27-11-14)22-18(21-15)13-4-6-16(7-5-13)23(25)26/h4-11,24H,3,12H2,1-2H3,(H,20,21,22). The molecule has 0 aliphatic rings. The lowest BCUT2D eigenvalue weighted by molar-refractivity contribution is -0.384. The smallest absolute Gasteiger partial charge is 0.269 e. The number of nitrogens with one attached hydrogen (secondary N) is 1. The maximum Gasteiger partial charge on any atom is 0.269 e. The monoisotopic (exact) mass is 384 g/mol. The van der Waals surface area contributed by atoms with Crippen LogP contribution in [0.1, 0.15) is 25.1 Å². The van der Waals surface area contributed by atoms with Crippen LogP contribution in [-0.4, -0.2) is 26.5 Å². The fourth-order valence-electron chi connectivity index (χ4n) is 2.57. The number of hydrogen-bond acceptors (Lipinski definition) is 7. The van der Waals surface area contributed by atoms with Gasteiger partial charge in [-0.3, -0.25) is 10.1 Å². The summed E-state index contributed by atoms with van der Waals surface area (Å²) in [6.07, 6.45) is 0.720. The summed E-state index contributed by atoms with van der Waals surface area (Å²) in [5.74, 6) is 1.09. The first-order valence-electron chi connectivity index (χ1n) is 8.51. The summed E-state index contributed by atoms with van der Waals surface area (Å²) in [4.78, 5) is 19.4. The average molecular weight is 384 g/mol. The molecule has 0 radical (unpaired) electrons. The number of nitrogens with zero attached hydrogens (tertiary/aromatic N) is 3. The molecular formula is C19H20N4O3S. The molecule has 0 fully saturated rings. The van der Waals surface area contributed by atoms with Crippen LogP contribution in [0.3, 0.4) is 0 Å². The van der Waals surface area contributed by atoms with E-state index in [1.807, 2.05) is 29.8 Å². The molecule has 140 valence electrons. The van der Waals surface area contributed by atoms with E-state index in [1.165, 1.54) is 23.5 Å². The molecule has 0 spiro atoms. The van der Waals surface area contributed by atoms with Gasteiger partial charge in [0.05, 0.1) is 4.92 Å². The minimum Gasteiger partial charge on any atom is -0.384 e. The molecule has 1 unspecified atom stereocenters. The lowest BCUT2D eigenvalue weighted by atomic mass is 9.99. The van der Waals surface area contributed by atoms with Crippen LogP contribution >= 0.6 is 11.3 Å². The van der Waals surface area contributed by atoms with E-state index in [0.29, 0.717) is 23.8 Å². The largest absolute Gasteiger partial charge is 0.384 e. The molecule has 0 saturated carbocycles. The van der Waals surface area contributed by atoms with Crippen LogP contribution in [0.25, 0.3) is 11.4 Å². The van der Waals surface area contributed by atoms with Gasteiger partial charge >= 0.3 is 0 Å². The zero-order valence-electron chi connectivity index (χ0n) is 15.0. The number of hydrogen-bond donors (Lipinski definition) is 2. The predicted molar refractivity (Wildman–Crippen MR) is 106 cm³/mol. The topological polar surface area (TPSA) is 101 Å². The van der Waals surface area contributed by atoms with Crippen molar-refractivity contribution in [3.63, 3.8) is 0 Å². The minimum atomic E-state index is -1.02. The van der Waals surface area contributed by atoms with Crippen molar-refractivity contribution < 1.29 is 10.0 Å². The predicted octanol–water partition coefficient (Wildman–Crippen LogP) is 4.00. The number of non-ortho nitro benzene ring substituents is 1. The van der Waals surface area contributed by atoms with E-state index >= 15 is 0 Å². The summed E-state index contributed by atoms with van der Waals surface area (Å²) < 4.78 is 0. The molecule has 0 aliphatic heterocycles. The van der Waals surface area contributed by atoms with Crippen molar-refractivity contribution >= 4 is 22.8 Å². The van der Waals surface area contributed by atoms with Gasteiger partial charge in [-0.25, -0.2) is 9.97 Å². The molecule has 8 heteroatoms. The van der Waals surface area contributed by atoms with Crippen LogP contribution in [0.2, 0.25) is 0 Å². The highest BCUT2D eigenvalue weighted by molar-refractivity contribution is 7.08. The molecule has 7 nitrogen and oxygen atoms in total. The Morgan fingerprint density at radius 2 is 2.00 bits per heavy atom. The zero-order valence-corrected chi connectivity index (χ0v) is 15.9. The number of aryl methyl sites for hydroxylation is 1. The molecule has 27 heavy (non-hydrogen) atoms. The number of aromatic nitrogens is 2. The van der Waals surface area contributed by atoms with Crippen LogP contribution in [0.15, 0.2) is 47.2 Å². The molecule has 3 aromatic rings. The fourth-order valence-corrected chi connectivity index (χ4v) is 3.35. The molecular weight excluding hydrogens is 364 g/mol. The number of nitro groups is 1. The summed E-state index contributed by atoms with van der Waals surface area (Å²) in [5, 5.41) is 28.5. The van der Waals surface area contributed by atoms with E-state index in [1.54, 1.807) is 19.1 Å². The Labute approximate surface area is 160 Å². The van der Waals surface area contributed by atoms with E-state index in [4.69, 9.17) is 0 Å². The molecule has 0 bridgehead atoms. The maximum atomic E-state index is 10.8. The van der Waals surface area contributed by atoms with Gasteiger partial charge in [0.25, 0.3) is 5.69 Å². The Bertz CT molecular complexity index is 925. The van der Waals surface area contributed by atoms with Gasteiger partial charge in [0.2, 0.25) is 0 Å². The van der Waals surface area contributed by atoms with E-state index in [9.17, 15) is 15.2 Å². The first kappa shape index (κ1) is 18.9. The normalized spacial score (nSPS) is 13.1. The molecule has 1 atom stereocenters. The SMILES string of the molecule is CCc1cc(NCC(C)(O)c2ccsc2)nc(-c2ccc([N+](=O)[O-])cc2)n1. The van der Waals surface area contributed by atoms with Crippen molar-refractivity contribution in [2.75, 3.05) is 11.9 Å². The van der Waals surface area contributed by atoms with Gasteiger partial charge in [0, 0.05) is 36.0 Å². The van der Waals surface area contributed by atoms with Crippen LogP contribution in [0.5, 0.6) is 0 Å². The van der Waals surface area contributed by atoms with Gasteiger partial charge in [-0.05, 0) is 47.9 Å². The summed E-state index contributed by atoms with van der Waals surface area (Å²) in [5.41, 5.74) is 1.39. The first-order chi connectivity index (χ1) is 12.9. The summed E-state index contributed by atoms with van der Waals surface area (Å²) in [6.45, 7) is 4.04. The third-order valence-corrected chi connectivity index (χ3v) is 4.92. The second-order valence-corrected chi connectivity index (χ2v) is 7.15. The number of anilines is 1. The minimum absolute atomic E-state index is 0.0237. The number of benzene rings is 1. The van der Waals surface area contributed by atoms with Gasteiger partial charge in [0.1, 0.15) is 11.4 Å². The zero-order chi connectivity index (χ0) is 19.4. The molecule has 2 heterocycles. The Kier molecular flexibility index (Phi) is 5.48.